The third kappa shape index (κ3) is 10.3. The first-order valence-electron chi connectivity index (χ1n) is 13.2. The zero-order chi connectivity index (χ0) is 29.0. The minimum absolute atomic E-state index is 0.0881. The lowest BCUT2D eigenvalue weighted by Crippen LogP contribution is -2.44. The Kier molecular flexibility index (Phi) is 12.9. The van der Waals surface area contributed by atoms with Gasteiger partial charge in [0, 0.05) is 12.6 Å². The topological polar surface area (TPSA) is 195 Å². The van der Waals surface area contributed by atoms with Crippen molar-refractivity contribution in [2.75, 3.05) is 32.7 Å². The molecule has 39 heavy (non-hydrogen) atoms. The lowest BCUT2D eigenvalue weighted by Gasteiger charge is -2.28. The molecule has 0 radical (unpaired) electrons. The maximum absolute atomic E-state index is 13.9. The molecule has 2 rings (SSSR count). The molecule has 14 nitrogen and oxygen atoms in total. The summed E-state index contributed by atoms with van der Waals surface area (Å²) in [7, 11) is -3.64. The van der Waals surface area contributed by atoms with Crippen LogP contribution in [0.2, 0.25) is 0 Å². The van der Waals surface area contributed by atoms with E-state index in [0.29, 0.717) is 36.2 Å². The van der Waals surface area contributed by atoms with E-state index in [0.717, 1.165) is 12.8 Å². The number of carbonyl (C=O) groups is 2. The quantitative estimate of drug-likeness (QED) is 0.0895. The van der Waals surface area contributed by atoms with Crippen LogP contribution in [0.25, 0.3) is 0 Å². The van der Waals surface area contributed by atoms with Crippen molar-refractivity contribution in [3.63, 3.8) is 0 Å². The summed E-state index contributed by atoms with van der Waals surface area (Å²) in [6.07, 6.45) is 3.96. The van der Waals surface area contributed by atoms with Crippen LogP contribution < -0.4 is 27.0 Å². The molecule has 1 fully saturated rings. The summed E-state index contributed by atoms with van der Waals surface area (Å²) in [6.45, 7) is 11.3. The Balaban J connectivity index is 2.11. The first-order chi connectivity index (χ1) is 18.6. The number of aliphatic imine (C=N–C) groups is 2. The van der Waals surface area contributed by atoms with Gasteiger partial charge in [-0.1, -0.05) is 20.4 Å². The van der Waals surface area contributed by atoms with Crippen LogP contribution in [0.4, 0.5) is 0 Å². The number of nitrogens with one attached hydrogen (secondary N) is 3. The van der Waals surface area contributed by atoms with Gasteiger partial charge in [-0.2, -0.15) is 0 Å². The molecule has 1 aliphatic heterocycles. The second-order valence-electron chi connectivity index (χ2n) is 9.01. The van der Waals surface area contributed by atoms with Crippen molar-refractivity contribution in [2.24, 2.45) is 21.5 Å². The van der Waals surface area contributed by atoms with E-state index in [2.05, 4.69) is 32.1 Å². The number of nitrogens with two attached hydrogens (primary N) is 2. The largest absolute Gasteiger partial charge is 0.465 e. The number of carbonyl (C=O) groups excluding carboxylic acids is 2. The molecular weight excluding hydrogens is 527 g/mol. The van der Waals surface area contributed by atoms with E-state index >= 15 is 0 Å². The highest BCUT2D eigenvalue weighted by atomic mass is 31.2. The van der Waals surface area contributed by atoms with Crippen molar-refractivity contribution in [3.05, 3.63) is 23.9 Å². The summed E-state index contributed by atoms with van der Waals surface area (Å²) >= 11 is 0. The van der Waals surface area contributed by atoms with Crippen molar-refractivity contribution in [1.29, 1.82) is 0 Å². The number of amidine groups is 1. The Hall–Kier alpha value is -2.93. The summed E-state index contributed by atoms with van der Waals surface area (Å²) in [5.41, 5.74) is 12.4. The zero-order valence-corrected chi connectivity index (χ0v) is 24.2. The molecule has 0 bridgehead atoms. The van der Waals surface area contributed by atoms with E-state index in [4.69, 9.17) is 25.7 Å². The van der Waals surface area contributed by atoms with Crippen LogP contribution in [0, 0.1) is 0 Å². The molecule has 7 N–H and O–H groups in total. The van der Waals surface area contributed by atoms with Crippen LogP contribution in [0.15, 0.2) is 33.9 Å². The van der Waals surface area contributed by atoms with Gasteiger partial charge in [0.1, 0.15) is 35.8 Å². The predicted molar refractivity (Wildman–Crippen MR) is 149 cm³/mol. The number of esters is 2. The summed E-state index contributed by atoms with van der Waals surface area (Å²) in [5.74, 6) is -0.189. The number of nitrogens with zero attached hydrogens (tertiary/aromatic N) is 3. The standard InChI is InChI=1S/C24H43N8O6P/c1-6-18(23(33)37-8-3)30-39(35,31-19(7-2)24(34)38-9-4)15-36-13-12-32-14-27-20(22(32)28-16(5)25)21(26)29-17-10-11-17/h14,17-19,29H,5-13,15,25-26H2,1-4H3,(H2,30,31,35)/b21-20-,28-22+. The van der Waals surface area contributed by atoms with E-state index in [1.54, 1.807) is 38.9 Å². The third-order valence-corrected chi connectivity index (χ3v) is 7.69. The van der Waals surface area contributed by atoms with Gasteiger partial charge in [0.15, 0.2) is 5.84 Å². The van der Waals surface area contributed by atoms with E-state index in [1.165, 1.54) is 0 Å². The van der Waals surface area contributed by atoms with Crippen LogP contribution in [-0.4, -0.2) is 79.9 Å². The minimum Gasteiger partial charge on any atom is -0.465 e. The molecule has 0 aromatic carbocycles. The second-order valence-corrected chi connectivity index (χ2v) is 11.3. The van der Waals surface area contributed by atoms with Crippen LogP contribution in [0.1, 0.15) is 53.4 Å². The molecule has 1 saturated carbocycles. The van der Waals surface area contributed by atoms with Gasteiger partial charge in [0.2, 0.25) is 7.44 Å². The number of hydrogen-bond donors (Lipinski definition) is 5. The Bertz CT molecular complexity index is 981. The summed E-state index contributed by atoms with van der Waals surface area (Å²) in [4.78, 5) is 35.1. The molecule has 0 spiro atoms. The third-order valence-electron chi connectivity index (χ3n) is 5.69. The van der Waals surface area contributed by atoms with Gasteiger partial charge >= 0.3 is 11.9 Å². The average Bonchev–Trinajstić information content (AvgIpc) is 3.62. The molecule has 0 aromatic rings. The van der Waals surface area contributed by atoms with E-state index < -0.39 is 31.5 Å². The van der Waals surface area contributed by atoms with Crippen LogP contribution >= 0.6 is 7.44 Å². The van der Waals surface area contributed by atoms with Gasteiger partial charge in [-0.05, 0) is 39.5 Å². The van der Waals surface area contributed by atoms with Crippen molar-refractivity contribution in [3.8, 4) is 0 Å². The summed E-state index contributed by atoms with van der Waals surface area (Å²) < 4.78 is 29.9. The number of hydrogen-bond acceptors (Lipinski definition) is 11. The Labute approximate surface area is 230 Å². The summed E-state index contributed by atoms with van der Waals surface area (Å²) in [5, 5.41) is 8.89. The van der Waals surface area contributed by atoms with Gasteiger partial charge in [0.25, 0.3) is 0 Å². The Morgan fingerprint density at radius 2 is 1.69 bits per heavy atom. The minimum atomic E-state index is -3.64. The molecule has 1 heterocycles. The van der Waals surface area contributed by atoms with Crippen LogP contribution in [0.3, 0.4) is 0 Å². The molecule has 0 aromatic heterocycles. The highest BCUT2D eigenvalue weighted by Crippen LogP contribution is 2.38. The molecule has 2 atom stereocenters. The van der Waals surface area contributed by atoms with E-state index in [-0.39, 0.29) is 38.5 Å². The fraction of sp³-hybridized carbons (Fsp3) is 0.667. The van der Waals surface area contributed by atoms with E-state index in [9.17, 15) is 14.2 Å². The van der Waals surface area contributed by atoms with Crippen molar-refractivity contribution < 1.29 is 28.4 Å². The molecule has 1 aliphatic carbocycles. The lowest BCUT2D eigenvalue weighted by atomic mass is 10.2. The van der Waals surface area contributed by atoms with Crippen LogP contribution in [-0.2, 0) is 28.4 Å². The smallest absolute Gasteiger partial charge is 0.323 e. The first kappa shape index (κ1) is 32.3. The van der Waals surface area contributed by atoms with Gasteiger partial charge < -0.3 is 35.9 Å². The molecule has 220 valence electrons. The molecule has 2 aliphatic rings. The van der Waals surface area contributed by atoms with Crippen molar-refractivity contribution in [1.82, 2.24) is 20.4 Å². The molecule has 2 unspecified atom stereocenters. The van der Waals surface area contributed by atoms with Gasteiger partial charge in [-0.3, -0.25) is 14.2 Å². The normalized spacial score (nSPS) is 20.3. The van der Waals surface area contributed by atoms with Gasteiger partial charge in [-0.15, -0.1) is 0 Å². The summed E-state index contributed by atoms with van der Waals surface area (Å²) in [6, 6.07) is -1.40. The average molecular weight is 571 g/mol. The fourth-order valence-electron chi connectivity index (χ4n) is 3.58. The highest BCUT2D eigenvalue weighted by molar-refractivity contribution is 7.59. The van der Waals surface area contributed by atoms with Gasteiger partial charge in [-0.25, -0.2) is 20.2 Å². The molecule has 0 saturated heterocycles. The maximum atomic E-state index is 13.9. The second kappa shape index (κ2) is 15.6. The van der Waals surface area contributed by atoms with Crippen LogP contribution in [0.5, 0.6) is 0 Å². The maximum Gasteiger partial charge on any atom is 0.323 e. The highest BCUT2D eigenvalue weighted by Gasteiger charge is 2.34. The number of ether oxygens (including phenoxy) is 3. The van der Waals surface area contributed by atoms with Crippen molar-refractivity contribution in [2.45, 2.75) is 71.5 Å². The molecular formula is C24H43N8O6P. The fourth-order valence-corrected chi connectivity index (χ4v) is 5.77. The monoisotopic (exact) mass is 570 g/mol. The van der Waals surface area contributed by atoms with Gasteiger partial charge in [0.05, 0.1) is 26.2 Å². The molecule has 15 heteroatoms. The Morgan fingerprint density at radius 3 is 2.15 bits per heavy atom. The Morgan fingerprint density at radius 1 is 1.13 bits per heavy atom. The first-order valence-corrected chi connectivity index (χ1v) is 15.1. The molecule has 0 amide bonds. The number of rotatable bonds is 18. The lowest BCUT2D eigenvalue weighted by molar-refractivity contribution is -0.145. The zero-order valence-electron chi connectivity index (χ0n) is 23.3. The van der Waals surface area contributed by atoms with Crippen molar-refractivity contribution >= 4 is 31.6 Å². The van der Waals surface area contributed by atoms with E-state index in [1.807, 2.05) is 0 Å². The SMILES string of the molecule is C=C(N)/N=C1\C(=C(/N)NC2CC2)N=CN1CCOCP(=O)(NC(CC)C(=O)OCC)NC(CC)C(=O)OCC. The predicted octanol–water partition coefficient (Wildman–Crippen LogP) is 1.07.